The number of hydrogen-bond acceptors (Lipinski definition) is 1. The SMILES string of the molecule is Fc1cc(F)cc(CC2(F)CCN(Cl)CC2)c1. The predicted octanol–water partition coefficient (Wildman–Crippen LogP) is 3.47. The Morgan fingerprint density at radius 1 is 1.12 bits per heavy atom. The van der Waals surface area contributed by atoms with Crippen molar-refractivity contribution in [1.82, 2.24) is 4.42 Å². The summed E-state index contributed by atoms with van der Waals surface area (Å²) < 4.78 is 41.9. The summed E-state index contributed by atoms with van der Waals surface area (Å²) in [6.45, 7) is 0.908. The standard InChI is InChI=1S/C12H13ClF3N/c13-17-3-1-12(16,2-4-17)8-9-5-10(14)7-11(15)6-9/h5-7H,1-4,8H2. The molecule has 0 spiro atoms. The molecule has 1 aliphatic rings. The van der Waals surface area contributed by atoms with Crippen molar-refractivity contribution in [2.45, 2.75) is 24.9 Å². The lowest BCUT2D eigenvalue weighted by atomic mass is 9.88. The molecule has 0 unspecified atom stereocenters. The van der Waals surface area contributed by atoms with Crippen LogP contribution in [0.2, 0.25) is 0 Å². The summed E-state index contributed by atoms with van der Waals surface area (Å²) in [7, 11) is 0. The summed E-state index contributed by atoms with van der Waals surface area (Å²) in [6, 6.07) is 3.14. The Bertz CT molecular complexity index is 382. The van der Waals surface area contributed by atoms with Gasteiger partial charge < -0.3 is 0 Å². The summed E-state index contributed by atoms with van der Waals surface area (Å²) in [6.07, 6.45) is 0.607. The van der Waals surface area contributed by atoms with E-state index in [0.717, 1.165) is 6.07 Å². The minimum absolute atomic E-state index is 0.0341. The van der Waals surface area contributed by atoms with Gasteiger partial charge in [0.05, 0.1) is 0 Å². The van der Waals surface area contributed by atoms with E-state index in [0.29, 0.717) is 18.7 Å². The second kappa shape index (κ2) is 4.86. The molecule has 1 aliphatic heterocycles. The zero-order valence-corrected chi connectivity index (χ0v) is 9.98. The molecule has 0 aromatic heterocycles. The lowest BCUT2D eigenvalue weighted by Crippen LogP contribution is -2.39. The number of rotatable bonds is 2. The molecule has 1 heterocycles. The van der Waals surface area contributed by atoms with Crippen molar-refractivity contribution in [3.63, 3.8) is 0 Å². The van der Waals surface area contributed by atoms with Gasteiger partial charge in [-0.25, -0.2) is 17.6 Å². The number of alkyl halides is 1. The van der Waals surface area contributed by atoms with Gasteiger partial charge in [-0.05, 0) is 42.3 Å². The number of hydrogen-bond donors (Lipinski definition) is 0. The van der Waals surface area contributed by atoms with Crippen LogP contribution in [0.3, 0.4) is 0 Å². The van der Waals surface area contributed by atoms with Crippen LogP contribution in [0.4, 0.5) is 13.2 Å². The fraction of sp³-hybridized carbons (Fsp3) is 0.500. The van der Waals surface area contributed by atoms with Crippen molar-refractivity contribution in [1.29, 1.82) is 0 Å². The minimum atomic E-state index is -1.41. The highest BCUT2D eigenvalue weighted by Crippen LogP contribution is 2.31. The monoisotopic (exact) mass is 263 g/mol. The lowest BCUT2D eigenvalue weighted by Gasteiger charge is -2.33. The van der Waals surface area contributed by atoms with E-state index in [-0.39, 0.29) is 19.3 Å². The van der Waals surface area contributed by atoms with Gasteiger partial charge in [-0.3, -0.25) is 0 Å². The fourth-order valence-electron chi connectivity index (χ4n) is 2.14. The summed E-state index contributed by atoms with van der Waals surface area (Å²) in [5, 5.41) is 0. The fourth-order valence-corrected chi connectivity index (χ4v) is 2.30. The van der Waals surface area contributed by atoms with Crippen LogP contribution >= 0.6 is 11.8 Å². The summed E-state index contributed by atoms with van der Waals surface area (Å²) in [5.41, 5.74) is -1.06. The van der Waals surface area contributed by atoms with Crippen LogP contribution in [0, 0.1) is 11.6 Å². The zero-order valence-electron chi connectivity index (χ0n) is 9.23. The van der Waals surface area contributed by atoms with E-state index < -0.39 is 17.3 Å². The highest BCUT2D eigenvalue weighted by molar-refractivity contribution is 6.13. The second-order valence-corrected chi connectivity index (χ2v) is 4.99. The molecule has 94 valence electrons. The van der Waals surface area contributed by atoms with Gasteiger partial charge in [0.15, 0.2) is 0 Å². The van der Waals surface area contributed by atoms with E-state index in [1.54, 1.807) is 0 Å². The summed E-state index contributed by atoms with van der Waals surface area (Å²) >= 11 is 5.74. The summed E-state index contributed by atoms with van der Waals surface area (Å²) in [4.78, 5) is 0. The normalized spacial score (nSPS) is 20.5. The summed E-state index contributed by atoms with van der Waals surface area (Å²) in [5.74, 6) is -1.34. The van der Waals surface area contributed by atoms with Gasteiger partial charge in [0.1, 0.15) is 17.3 Å². The van der Waals surface area contributed by atoms with Crippen molar-refractivity contribution in [3.8, 4) is 0 Å². The third-order valence-electron chi connectivity index (χ3n) is 3.05. The number of halogens is 4. The second-order valence-electron chi connectivity index (χ2n) is 4.52. The van der Waals surface area contributed by atoms with Crippen molar-refractivity contribution in [2.75, 3.05) is 13.1 Å². The Morgan fingerprint density at radius 2 is 1.65 bits per heavy atom. The molecule has 0 N–H and O–H groups in total. The molecular formula is C12H13ClF3N. The highest BCUT2D eigenvalue weighted by Gasteiger charge is 2.34. The van der Waals surface area contributed by atoms with Crippen LogP contribution in [0.1, 0.15) is 18.4 Å². The quantitative estimate of drug-likeness (QED) is 0.739. The third-order valence-corrected chi connectivity index (χ3v) is 3.39. The third kappa shape index (κ3) is 3.36. The van der Waals surface area contributed by atoms with Gasteiger partial charge in [-0.1, -0.05) is 0 Å². The topological polar surface area (TPSA) is 3.24 Å². The largest absolute Gasteiger partial charge is 0.243 e. The lowest BCUT2D eigenvalue weighted by molar-refractivity contribution is 0.0897. The zero-order chi connectivity index (χ0) is 12.5. The molecule has 2 rings (SSSR count). The first kappa shape index (κ1) is 12.7. The Balaban J connectivity index is 2.09. The van der Waals surface area contributed by atoms with Crippen molar-refractivity contribution < 1.29 is 13.2 Å². The average molecular weight is 264 g/mol. The van der Waals surface area contributed by atoms with Crippen LogP contribution in [-0.4, -0.2) is 23.2 Å². The van der Waals surface area contributed by atoms with E-state index in [1.165, 1.54) is 16.6 Å². The molecule has 1 nitrogen and oxygen atoms in total. The molecular weight excluding hydrogens is 251 g/mol. The molecule has 0 aliphatic carbocycles. The van der Waals surface area contributed by atoms with E-state index in [9.17, 15) is 13.2 Å². The van der Waals surface area contributed by atoms with E-state index in [1.807, 2.05) is 0 Å². The Labute approximate surface area is 103 Å². The number of benzene rings is 1. The highest BCUT2D eigenvalue weighted by atomic mass is 35.5. The first-order chi connectivity index (χ1) is 7.97. The minimum Gasteiger partial charge on any atom is -0.243 e. The number of piperidine rings is 1. The Hall–Kier alpha value is -0.740. The average Bonchev–Trinajstić information content (AvgIpc) is 2.21. The van der Waals surface area contributed by atoms with Crippen LogP contribution in [0.5, 0.6) is 0 Å². The smallest absolute Gasteiger partial charge is 0.126 e. The van der Waals surface area contributed by atoms with E-state index in [4.69, 9.17) is 11.8 Å². The van der Waals surface area contributed by atoms with Crippen molar-refractivity contribution in [3.05, 3.63) is 35.4 Å². The first-order valence-electron chi connectivity index (χ1n) is 5.51. The Kier molecular flexibility index (Phi) is 3.64. The van der Waals surface area contributed by atoms with Gasteiger partial charge in [-0.15, -0.1) is 0 Å². The first-order valence-corrected chi connectivity index (χ1v) is 5.85. The van der Waals surface area contributed by atoms with E-state index >= 15 is 0 Å². The molecule has 1 aromatic carbocycles. The van der Waals surface area contributed by atoms with Gasteiger partial charge in [0.2, 0.25) is 0 Å². The van der Waals surface area contributed by atoms with Gasteiger partial charge in [0, 0.05) is 25.6 Å². The van der Waals surface area contributed by atoms with Crippen molar-refractivity contribution >= 4 is 11.8 Å². The molecule has 5 heteroatoms. The molecule has 1 fully saturated rings. The van der Waals surface area contributed by atoms with E-state index in [2.05, 4.69) is 0 Å². The van der Waals surface area contributed by atoms with Crippen LogP contribution in [-0.2, 0) is 6.42 Å². The van der Waals surface area contributed by atoms with Crippen molar-refractivity contribution in [2.24, 2.45) is 0 Å². The Morgan fingerprint density at radius 3 is 2.18 bits per heavy atom. The maximum atomic E-state index is 14.4. The maximum absolute atomic E-state index is 14.4. The molecule has 0 atom stereocenters. The molecule has 0 saturated carbocycles. The van der Waals surface area contributed by atoms with Crippen LogP contribution in [0.15, 0.2) is 18.2 Å². The van der Waals surface area contributed by atoms with Gasteiger partial charge in [-0.2, -0.15) is 0 Å². The van der Waals surface area contributed by atoms with Crippen LogP contribution < -0.4 is 0 Å². The van der Waals surface area contributed by atoms with Crippen LogP contribution in [0.25, 0.3) is 0 Å². The maximum Gasteiger partial charge on any atom is 0.126 e. The predicted molar refractivity (Wildman–Crippen MR) is 60.6 cm³/mol. The molecule has 1 aromatic rings. The molecule has 0 amide bonds. The molecule has 1 saturated heterocycles. The molecule has 0 radical (unpaired) electrons. The number of nitrogens with zero attached hydrogens (tertiary/aromatic N) is 1. The van der Waals surface area contributed by atoms with Gasteiger partial charge >= 0.3 is 0 Å². The molecule has 0 bridgehead atoms. The molecule has 17 heavy (non-hydrogen) atoms. The van der Waals surface area contributed by atoms with Gasteiger partial charge in [0.25, 0.3) is 0 Å².